The number of hydrogen-bond acceptors (Lipinski definition) is 6. The zero-order valence-corrected chi connectivity index (χ0v) is 16.7. The average Bonchev–Trinajstić information content (AvgIpc) is 3.55. The molecule has 0 radical (unpaired) electrons. The molecule has 7 heteroatoms. The van der Waals surface area contributed by atoms with Crippen LogP contribution >= 0.6 is 0 Å². The molecular formula is C23H24N4O3. The van der Waals surface area contributed by atoms with Crippen molar-refractivity contribution in [2.45, 2.75) is 44.3 Å². The first-order chi connectivity index (χ1) is 14.8. The van der Waals surface area contributed by atoms with Gasteiger partial charge in [-0.05, 0) is 49.9 Å². The summed E-state index contributed by atoms with van der Waals surface area (Å²) in [6, 6.07) is 13.2. The number of ether oxygens (including phenoxy) is 1. The molecule has 1 saturated carbocycles. The van der Waals surface area contributed by atoms with Crippen LogP contribution in [0.1, 0.15) is 53.5 Å². The molecule has 5 rings (SSSR count). The van der Waals surface area contributed by atoms with Crippen LogP contribution in [0.15, 0.2) is 53.2 Å². The van der Waals surface area contributed by atoms with E-state index in [4.69, 9.17) is 9.26 Å². The summed E-state index contributed by atoms with van der Waals surface area (Å²) in [4.78, 5) is 23.6. The number of amides is 1. The number of rotatable bonds is 6. The fourth-order valence-corrected chi connectivity index (χ4v) is 3.74. The van der Waals surface area contributed by atoms with Crippen molar-refractivity contribution < 1.29 is 14.1 Å². The number of nitrogens with zero attached hydrogens (tertiary/aromatic N) is 4. The highest BCUT2D eigenvalue weighted by molar-refractivity contribution is 5.94. The topological polar surface area (TPSA) is 81.4 Å². The Hall–Kier alpha value is -3.06. The lowest BCUT2D eigenvalue weighted by Crippen LogP contribution is -2.43. The highest BCUT2D eigenvalue weighted by Crippen LogP contribution is 2.39. The maximum Gasteiger partial charge on any atom is 0.253 e. The molecule has 2 aliphatic rings. The quantitative estimate of drug-likeness (QED) is 0.621. The lowest BCUT2D eigenvalue weighted by Gasteiger charge is -2.32. The van der Waals surface area contributed by atoms with Crippen molar-refractivity contribution in [2.24, 2.45) is 0 Å². The minimum absolute atomic E-state index is 0.0273. The summed E-state index contributed by atoms with van der Waals surface area (Å²) in [7, 11) is 0. The van der Waals surface area contributed by atoms with Gasteiger partial charge < -0.3 is 14.2 Å². The van der Waals surface area contributed by atoms with E-state index in [1.807, 2.05) is 47.4 Å². The molecule has 30 heavy (non-hydrogen) atoms. The van der Waals surface area contributed by atoms with Crippen LogP contribution in [0.2, 0.25) is 0 Å². The van der Waals surface area contributed by atoms with Crippen LogP contribution in [-0.4, -0.2) is 45.1 Å². The largest absolute Gasteiger partial charge is 0.370 e. The van der Waals surface area contributed by atoms with Crippen LogP contribution in [-0.2, 0) is 11.3 Å². The second-order valence-corrected chi connectivity index (χ2v) is 7.96. The number of carbonyl (C=O) groups is 1. The summed E-state index contributed by atoms with van der Waals surface area (Å²) in [5, 5.41) is 4.06. The first-order valence-electron chi connectivity index (χ1n) is 10.5. The number of piperidine rings is 1. The van der Waals surface area contributed by atoms with E-state index in [0.29, 0.717) is 30.5 Å². The number of benzene rings is 1. The summed E-state index contributed by atoms with van der Waals surface area (Å²) in [5.74, 6) is 1.76. The Morgan fingerprint density at radius 3 is 2.77 bits per heavy atom. The van der Waals surface area contributed by atoms with Gasteiger partial charge in [-0.2, -0.15) is 4.98 Å². The third-order valence-corrected chi connectivity index (χ3v) is 5.62. The SMILES string of the molecule is O=C(c1ccc(-c2noc(C3CC3)n2)cc1)N1CCCC(OCc2ccccn2)C1. The first kappa shape index (κ1) is 18.9. The molecule has 2 fully saturated rings. The predicted octanol–water partition coefficient (Wildman–Crippen LogP) is 3.83. The number of carbonyl (C=O) groups excluding carboxylic acids is 1. The minimum Gasteiger partial charge on any atom is -0.370 e. The second kappa shape index (κ2) is 8.36. The number of aromatic nitrogens is 3. The molecule has 7 nitrogen and oxygen atoms in total. The molecule has 2 aromatic heterocycles. The Morgan fingerprint density at radius 1 is 1.13 bits per heavy atom. The summed E-state index contributed by atoms with van der Waals surface area (Å²) in [6.07, 6.45) is 5.93. The van der Waals surface area contributed by atoms with Crippen molar-refractivity contribution in [1.82, 2.24) is 20.0 Å². The predicted molar refractivity (Wildman–Crippen MR) is 110 cm³/mol. The molecule has 1 aliphatic heterocycles. The molecule has 154 valence electrons. The Kier molecular flexibility index (Phi) is 5.27. The van der Waals surface area contributed by atoms with E-state index < -0.39 is 0 Å². The summed E-state index contributed by atoms with van der Waals surface area (Å²) < 4.78 is 11.3. The van der Waals surface area contributed by atoms with Crippen LogP contribution in [0.4, 0.5) is 0 Å². The van der Waals surface area contributed by atoms with E-state index in [1.54, 1.807) is 6.20 Å². The van der Waals surface area contributed by atoms with Gasteiger partial charge in [0.1, 0.15) is 0 Å². The van der Waals surface area contributed by atoms with Crippen molar-refractivity contribution in [3.8, 4) is 11.4 Å². The van der Waals surface area contributed by atoms with Gasteiger partial charge in [0.25, 0.3) is 5.91 Å². The number of pyridine rings is 1. The van der Waals surface area contributed by atoms with E-state index in [-0.39, 0.29) is 12.0 Å². The van der Waals surface area contributed by atoms with Crippen LogP contribution in [0, 0.1) is 0 Å². The van der Waals surface area contributed by atoms with Crippen molar-refractivity contribution >= 4 is 5.91 Å². The zero-order valence-electron chi connectivity index (χ0n) is 16.7. The van der Waals surface area contributed by atoms with E-state index in [9.17, 15) is 4.79 Å². The monoisotopic (exact) mass is 404 g/mol. The van der Waals surface area contributed by atoms with Crippen molar-refractivity contribution in [3.63, 3.8) is 0 Å². The second-order valence-electron chi connectivity index (χ2n) is 7.96. The summed E-state index contributed by atoms with van der Waals surface area (Å²) in [5.41, 5.74) is 2.43. The van der Waals surface area contributed by atoms with Gasteiger partial charge in [-0.3, -0.25) is 9.78 Å². The van der Waals surface area contributed by atoms with E-state index in [2.05, 4.69) is 15.1 Å². The van der Waals surface area contributed by atoms with Crippen LogP contribution in [0.3, 0.4) is 0 Å². The van der Waals surface area contributed by atoms with Crippen LogP contribution in [0.5, 0.6) is 0 Å². The normalized spacial score (nSPS) is 19.1. The molecule has 0 bridgehead atoms. The molecule has 1 amide bonds. The average molecular weight is 404 g/mol. The van der Waals surface area contributed by atoms with Gasteiger partial charge in [0.05, 0.1) is 18.4 Å². The van der Waals surface area contributed by atoms with E-state index >= 15 is 0 Å². The Balaban J connectivity index is 1.20. The Morgan fingerprint density at radius 2 is 2.00 bits per heavy atom. The molecule has 0 N–H and O–H groups in total. The standard InChI is InChI=1S/C23H24N4O3/c28-23(27-13-3-5-20(14-27)29-15-19-4-1-2-12-24-19)18-10-6-16(7-11-18)21-25-22(30-26-21)17-8-9-17/h1-2,4,6-7,10-12,17,20H,3,5,8-9,13-15H2. The highest BCUT2D eigenvalue weighted by atomic mass is 16.5. The first-order valence-corrected chi connectivity index (χ1v) is 10.5. The molecule has 1 aliphatic carbocycles. The third-order valence-electron chi connectivity index (χ3n) is 5.62. The zero-order chi connectivity index (χ0) is 20.3. The maximum atomic E-state index is 13.0. The third kappa shape index (κ3) is 4.26. The molecule has 0 spiro atoms. The molecule has 3 heterocycles. The van der Waals surface area contributed by atoms with Crippen molar-refractivity contribution in [2.75, 3.05) is 13.1 Å². The molecule has 3 aromatic rings. The molecular weight excluding hydrogens is 380 g/mol. The Labute approximate surface area is 175 Å². The molecule has 1 saturated heterocycles. The molecule has 1 aromatic carbocycles. The smallest absolute Gasteiger partial charge is 0.253 e. The highest BCUT2D eigenvalue weighted by Gasteiger charge is 2.30. The van der Waals surface area contributed by atoms with Crippen molar-refractivity contribution in [3.05, 3.63) is 65.8 Å². The van der Waals surface area contributed by atoms with Gasteiger partial charge in [0, 0.05) is 36.3 Å². The Bertz CT molecular complexity index is 999. The number of likely N-dealkylation sites (tertiary alicyclic amines) is 1. The molecule has 1 unspecified atom stereocenters. The van der Waals surface area contributed by atoms with Crippen LogP contribution in [0.25, 0.3) is 11.4 Å². The van der Waals surface area contributed by atoms with Crippen molar-refractivity contribution in [1.29, 1.82) is 0 Å². The minimum atomic E-state index is 0.0273. The fraction of sp³-hybridized carbons (Fsp3) is 0.391. The fourth-order valence-electron chi connectivity index (χ4n) is 3.74. The lowest BCUT2D eigenvalue weighted by atomic mass is 10.1. The summed E-state index contributed by atoms with van der Waals surface area (Å²) >= 11 is 0. The van der Waals surface area contributed by atoms with Gasteiger partial charge in [0.2, 0.25) is 11.7 Å². The van der Waals surface area contributed by atoms with E-state index in [0.717, 1.165) is 49.4 Å². The van der Waals surface area contributed by atoms with Gasteiger partial charge in [-0.25, -0.2) is 0 Å². The van der Waals surface area contributed by atoms with Gasteiger partial charge >= 0.3 is 0 Å². The maximum absolute atomic E-state index is 13.0. The van der Waals surface area contributed by atoms with Gasteiger partial charge in [-0.1, -0.05) is 23.4 Å². The van der Waals surface area contributed by atoms with Crippen LogP contribution < -0.4 is 0 Å². The molecule has 1 atom stereocenters. The van der Waals surface area contributed by atoms with E-state index in [1.165, 1.54) is 0 Å². The van der Waals surface area contributed by atoms with Gasteiger partial charge in [-0.15, -0.1) is 0 Å². The summed E-state index contributed by atoms with van der Waals surface area (Å²) in [6.45, 7) is 1.82. The van der Waals surface area contributed by atoms with Gasteiger partial charge in [0.15, 0.2) is 0 Å². The number of hydrogen-bond donors (Lipinski definition) is 0. The lowest BCUT2D eigenvalue weighted by molar-refractivity contribution is -0.00785.